The van der Waals surface area contributed by atoms with Crippen LogP contribution in [-0.4, -0.2) is 43.8 Å². The number of carbonyl (C=O) groups excluding carboxylic acids is 2. The molecular weight excluding hydrogens is 605 g/mol. The fourth-order valence-electron chi connectivity index (χ4n) is 4.94. The molecule has 0 heterocycles. The molecule has 1 unspecified atom stereocenters. The molecule has 1 N–H and O–H groups in total. The van der Waals surface area contributed by atoms with Crippen LogP contribution in [0.3, 0.4) is 0 Å². The van der Waals surface area contributed by atoms with Gasteiger partial charge in [0.05, 0.1) is 20.6 Å². The van der Waals surface area contributed by atoms with Gasteiger partial charge < -0.3 is 10.2 Å². The third kappa shape index (κ3) is 7.55. The molecule has 2 amide bonds. The molecule has 11 heteroatoms. The fraction of sp³-hybridized carbons (Fsp3) is 0.333. The first-order valence-corrected chi connectivity index (χ1v) is 15.9. The summed E-state index contributed by atoms with van der Waals surface area (Å²) < 4.78 is 28.9. The second kappa shape index (κ2) is 13.5. The fourth-order valence-corrected chi connectivity index (χ4v) is 6.99. The van der Waals surface area contributed by atoms with Gasteiger partial charge in [0.25, 0.3) is 10.0 Å². The Morgan fingerprint density at radius 1 is 0.951 bits per heavy atom. The molecule has 1 aliphatic carbocycles. The topological polar surface area (TPSA) is 86.8 Å². The van der Waals surface area contributed by atoms with Crippen molar-refractivity contribution in [1.29, 1.82) is 0 Å². The van der Waals surface area contributed by atoms with Crippen molar-refractivity contribution in [1.82, 2.24) is 10.2 Å². The summed E-state index contributed by atoms with van der Waals surface area (Å²) >= 11 is 18.5. The summed E-state index contributed by atoms with van der Waals surface area (Å²) in [7, 11) is -4.16. The lowest BCUT2D eigenvalue weighted by Gasteiger charge is -2.33. The van der Waals surface area contributed by atoms with E-state index in [1.807, 2.05) is 0 Å². The second-order valence-corrected chi connectivity index (χ2v) is 13.3. The van der Waals surface area contributed by atoms with Gasteiger partial charge in [-0.2, -0.15) is 0 Å². The smallest absolute Gasteiger partial charge is 0.264 e. The molecule has 1 aliphatic rings. The number of rotatable bonds is 10. The largest absolute Gasteiger partial charge is 0.352 e. The number of benzene rings is 3. The number of hydrogen-bond donors (Lipinski definition) is 1. The number of amides is 2. The van der Waals surface area contributed by atoms with Gasteiger partial charge >= 0.3 is 0 Å². The number of sulfonamides is 1. The molecule has 41 heavy (non-hydrogen) atoms. The molecular formula is C30H32Cl3N3O4S. The zero-order valence-electron chi connectivity index (χ0n) is 22.8. The standard InChI is InChI=1S/C30H32Cl3N3O4S/c1-20-16-23(31)13-15-28(20)36(41(39,40)25-10-4-3-5-11-25)19-29(37)35(18-22-12-14-26(32)27(33)17-22)21(2)30(38)34-24-8-6-7-9-24/h3-5,10-17,21,24H,6-9,18-19H2,1-2H3,(H,34,38). The Hall–Kier alpha value is -2.78. The lowest BCUT2D eigenvalue weighted by atomic mass is 10.1. The maximum Gasteiger partial charge on any atom is 0.264 e. The first-order valence-electron chi connectivity index (χ1n) is 13.3. The molecule has 0 saturated heterocycles. The number of nitrogens with one attached hydrogen (secondary N) is 1. The molecule has 0 spiro atoms. The van der Waals surface area contributed by atoms with Crippen molar-refractivity contribution in [3.8, 4) is 0 Å². The number of hydrogen-bond acceptors (Lipinski definition) is 4. The van der Waals surface area contributed by atoms with Crippen molar-refractivity contribution in [2.75, 3.05) is 10.8 Å². The van der Waals surface area contributed by atoms with E-state index in [1.165, 1.54) is 17.0 Å². The minimum atomic E-state index is -4.16. The number of carbonyl (C=O) groups is 2. The van der Waals surface area contributed by atoms with Gasteiger partial charge in [-0.25, -0.2) is 8.42 Å². The molecule has 0 radical (unpaired) electrons. The van der Waals surface area contributed by atoms with Gasteiger partial charge in [-0.05, 0) is 80.3 Å². The minimum absolute atomic E-state index is 0.0216. The van der Waals surface area contributed by atoms with Crippen molar-refractivity contribution < 1.29 is 18.0 Å². The summed E-state index contributed by atoms with van der Waals surface area (Å²) in [6.45, 7) is 2.85. The van der Waals surface area contributed by atoms with E-state index >= 15 is 0 Å². The van der Waals surface area contributed by atoms with Crippen LogP contribution in [0.4, 0.5) is 5.69 Å². The van der Waals surface area contributed by atoms with Crippen LogP contribution in [0.1, 0.15) is 43.7 Å². The summed E-state index contributed by atoms with van der Waals surface area (Å²) in [5, 5.41) is 4.16. The van der Waals surface area contributed by atoms with Crippen molar-refractivity contribution in [3.63, 3.8) is 0 Å². The van der Waals surface area contributed by atoms with Crippen molar-refractivity contribution in [3.05, 3.63) is 92.9 Å². The van der Waals surface area contributed by atoms with E-state index in [0.29, 0.717) is 31.9 Å². The third-order valence-corrected chi connectivity index (χ3v) is 9.99. The predicted octanol–water partition coefficient (Wildman–Crippen LogP) is 6.63. The van der Waals surface area contributed by atoms with Crippen molar-refractivity contribution in [2.45, 2.75) is 63.1 Å². The van der Waals surface area contributed by atoms with Crippen LogP contribution >= 0.6 is 34.8 Å². The molecule has 0 aromatic heterocycles. The van der Waals surface area contributed by atoms with Crippen molar-refractivity contribution >= 4 is 62.3 Å². The Kier molecular flexibility index (Phi) is 10.2. The zero-order valence-corrected chi connectivity index (χ0v) is 25.9. The molecule has 3 aromatic rings. The summed E-state index contributed by atoms with van der Waals surface area (Å²) in [6, 6.07) is 16.8. The highest BCUT2D eigenvalue weighted by atomic mass is 35.5. The van der Waals surface area contributed by atoms with Gasteiger partial charge in [-0.1, -0.05) is 71.9 Å². The average Bonchev–Trinajstić information content (AvgIpc) is 3.45. The molecule has 0 aliphatic heterocycles. The van der Waals surface area contributed by atoms with E-state index in [-0.39, 0.29) is 23.4 Å². The van der Waals surface area contributed by atoms with Crippen LogP contribution < -0.4 is 9.62 Å². The SMILES string of the molecule is Cc1cc(Cl)ccc1N(CC(=O)N(Cc1ccc(Cl)c(Cl)c1)C(C)C(=O)NC1CCCC1)S(=O)(=O)c1ccccc1. The Labute approximate surface area is 256 Å². The highest BCUT2D eigenvalue weighted by Gasteiger charge is 2.34. The summed E-state index contributed by atoms with van der Waals surface area (Å²) in [5.74, 6) is -0.857. The normalized spacial score (nSPS) is 14.5. The predicted molar refractivity (Wildman–Crippen MR) is 164 cm³/mol. The summed E-state index contributed by atoms with van der Waals surface area (Å²) in [6.07, 6.45) is 3.85. The zero-order chi connectivity index (χ0) is 29.7. The van der Waals surface area contributed by atoms with Gasteiger partial charge in [0.2, 0.25) is 11.8 Å². The lowest BCUT2D eigenvalue weighted by Crippen LogP contribution is -2.52. The highest BCUT2D eigenvalue weighted by Crippen LogP contribution is 2.30. The van der Waals surface area contributed by atoms with Gasteiger partial charge in [0, 0.05) is 17.6 Å². The van der Waals surface area contributed by atoms with E-state index in [2.05, 4.69) is 5.32 Å². The third-order valence-electron chi connectivity index (χ3n) is 7.24. The molecule has 1 saturated carbocycles. The monoisotopic (exact) mass is 635 g/mol. The summed E-state index contributed by atoms with van der Waals surface area (Å²) in [5.41, 5.74) is 1.53. The van der Waals surface area contributed by atoms with Gasteiger partial charge in [0.1, 0.15) is 12.6 Å². The van der Waals surface area contributed by atoms with E-state index in [4.69, 9.17) is 34.8 Å². The molecule has 0 bridgehead atoms. The van der Waals surface area contributed by atoms with Gasteiger partial charge in [-0.15, -0.1) is 0 Å². The second-order valence-electron chi connectivity index (χ2n) is 10.2. The van der Waals surface area contributed by atoms with Crippen LogP contribution in [0.25, 0.3) is 0 Å². The van der Waals surface area contributed by atoms with E-state index < -0.39 is 28.5 Å². The first-order chi connectivity index (χ1) is 19.5. The van der Waals surface area contributed by atoms with E-state index in [9.17, 15) is 18.0 Å². The van der Waals surface area contributed by atoms with Crippen LogP contribution in [0, 0.1) is 6.92 Å². The molecule has 1 fully saturated rings. The van der Waals surface area contributed by atoms with Gasteiger partial charge in [0.15, 0.2) is 0 Å². The Bertz CT molecular complexity index is 1510. The Morgan fingerprint density at radius 2 is 1.63 bits per heavy atom. The molecule has 7 nitrogen and oxygen atoms in total. The summed E-state index contributed by atoms with van der Waals surface area (Å²) in [4.78, 5) is 28.8. The highest BCUT2D eigenvalue weighted by molar-refractivity contribution is 7.92. The molecule has 218 valence electrons. The number of anilines is 1. The molecule has 3 aromatic carbocycles. The maximum atomic E-state index is 14.1. The van der Waals surface area contributed by atoms with Crippen LogP contribution in [0.2, 0.25) is 15.1 Å². The van der Waals surface area contributed by atoms with Crippen LogP contribution in [0.15, 0.2) is 71.6 Å². The quantitative estimate of drug-likeness (QED) is 0.271. The van der Waals surface area contributed by atoms with Crippen LogP contribution in [0.5, 0.6) is 0 Å². The first kappa shape index (κ1) is 31.2. The van der Waals surface area contributed by atoms with Crippen LogP contribution in [-0.2, 0) is 26.2 Å². The van der Waals surface area contributed by atoms with Crippen molar-refractivity contribution in [2.24, 2.45) is 0 Å². The van der Waals surface area contributed by atoms with E-state index in [0.717, 1.165) is 30.0 Å². The average molecular weight is 637 g/mol. The molecule has 4 rings (SSSR count). The maximum absolute atomic E-state index is 14.1. The van der Waals surface area contributed by atoms with E-state index in [1.54, 1.807) is 68.4 Å². The number of halogens is 3. The lowest BCUT2D eigenvalue weighted by molar-refractivity contribution is -0.139. The Morgan fingerprint density at radius 3 is 2.27 bits per heavy atom. The molecule has 1 atom stereocenters. The van der Waals surface area contributed by atoms with Gasteiger partial charge in [-0.3, -0.25) is 13.9 Å². The minimum Gasteiger partial charge on any atom is -0.352 e. The number of aryl methyl sites for hydroxylation is 1. The number of nitrogens with zero attached hydrogens (tertiary/aromatic N) is 2. The Balaban J connectivity index is 1.71.